The first kappa shape index (κ1) is 15.6. The second-order valence-corrected chi connectivity index (χ2v) is 5.04. The molecule has 0 radical (unpaired) electrons. The van der Waals surface area contributed by atoms with Crippen molar-refractivity contribution in [2.45, 2.75) is 12.8 Å². The summed E-state index contributed by atoms with van der Waals surface area (Å²) in [5, 5.41) is 13.9. The van der Waals surface area contributed by atoms with Crippen molar-refractivity contribution in [2.24, 2.45) is 0 Å². The largest absolute Gasteiger partial charge is 0.494 e. The second kappa shape index (κ2) is 7.32. The fourth-order valence-corrected chi connectivity index (χ4v) is 2.23. The van der Waals surface area contributed by atoms with Crippen molar-refractivity contribution in [3.8, 4) is 11.4 Å². The molecule has 8 nitrogen and oxygen atoms in total. The maximum atomic E-state index is 12.1. The minimum atomic E-state index is -0.0831. The Balaban J connectivity index is 1.67. The fourth-order valence-electron chi connectivity index (χ4n) is 2.23. The number of nitrogens with zero attached hydrogens (tertiary/aromatic N) is 5. The number of carbonyl (C=O) groups excluding carboxylic acids is 1. The molecule has 0 aliphatic carbocycles. The van der Waals surface area contributed by atoms with E-state index in [2.05, 4.69) is 25.8 Å². The normalized spacial score (nSPS) is 10.4. The standard InChI is InChI=1S/C16H16N6O2/c1-24-15-10-13(22-11-18-20-21-22)3-4-14(15)19-16(23)5-2-12-6-8-17-9-7-12/h3-4,6-11H,2,5H2,1H3,(H,19,23). The van der Waals surface area contributed by atoms with Crippen molar-refractivity contribution in [3.63, 3.8) is 0 Å². The molecule has 0 spiro atoms. The number of methoxy groups -OCH3 is 1. The Labute approximate surface area is 138 Å². The topological polar surface area (TPSA) is 94.8 Å². The summed E-state index contributed by atoms with van der Waals surface area (Å²) in [5.74, 6) is 0.459. The first-order valence-electron chi connectivity index (χ1n) is 7.36. The van der Waals surface area contributed by atoms with Crippen LogP contribution in [0.5, 0.6) is 5.75 Å². The molecule has 3 rings (SSSR count). The van der Waals surface area contributed by atoms with Gasteiger partial charge in [0, 0.05) is 24.9 Å². The number of anilines is 1. The summed E-state index contributed by atoms with van der Waals surface area (Å²) >= 11 is 0. The number of benzene rings is 1. The van der Waals surface area contributed by atoms with Crippen molar-refractivity contribution in [3.05, 3.63) is 54.6 Å². The maximum Gasteiger partial charge on any atom is 0.224 e. The first-order chi connectivity index (χ1) is 11.8. The lowest BCUT2D eigenvalue weighted by Crippen LogP contribution is -2.13. The maximum absolute atomic E-state index is 12.1. The first-order valence-corrected chi connectivity index (χ1v) is 7.36. The summed E-state index contributed by atoms with van der Waals surface area (Å²) < 4.78 is 6.85. The SMILES string of the molecule is COc1cc(-n2cnnn2)ccc1NC(=O)CCc1ccncc1. The summed E-state index contributed by atoms with van der Waals surface area (Å²) in [6.07, 6.45) is 5.95. The molecule has 0 atom stereocenters. The van der Waals surface area contributed by atoms with Gasteiger partial charge >= 0.3 is 0 Å². The van der Waals surface area contributed by atoms with Gasteiger partial charge in [0.25, 0.3) is 0 Å². The lowest BCUT2D eigenvalue weighted by atomic mass is 10.1. The van der Waals surface area contributed by atoms with Gasteiger partial charge < -0.3 is 10.1 Å². The number of aryl methyl sites for hydroxylation is 1. The zero-order chi connectivity index (χ0) is 16.8. The summed E-state index contributed by atoms with van der Waals surface area (Å²) in [6, 6.07) is 9.12. The molecular weight excluding hydrogens is 308 g/mol. The van der Waals surface area contributed by atoms with E-state index in [1.807, 2.05) is 12.1 Å². The average Bonchev–Trinajstić information content (AvgIpc) is 3.16. The van der Waals surface area contributed by atoms with Crippen LogP contribution in [0.1, 0.15) is 12.0 Å². The van der Waals surface area contributed by atoms with Crippen molar-refractivity contribution < 1.29 is 9.53 Å². The average molecular weight is 324 g/mol. The smallest absolute Gasteiger partial charge is 0.224 e. The van der Waals surface area contributed by atoms with Crippen LogP contribution < -0.4 is 10.1 Å². The van der Waals surface area contributed by atoms with E-state index in [1.165, 1.54) is 11.0 Å². The number of rotatable bonds is 6. The summed E-state index contributed by atoms with van der Waals surface area (Å²) in [6.45, 7) is 0. The zero-order valence-corrected chi connectivity index (χ0v) is 13.1. The zero-order valence-electron chi connectivity index (χ0n) is 13.1. The number of carbonyl (C=O) groups is 1. The molecule has 1 amide bonds. The van der Waals surface area contributed by atoms with Gasteiger partial charge in [0.05, 0.1) is 18.5 Å². The molecule has 1 aromatic carbocycles. The Bertz CT molecular complexity index is 805. The number of ether oxygens (including phenoxy) is 1. The quantitative estimate of drug-likeness (QED) is 0.740. The molecule has 0 aliphatic heterocycles. The molecule has 0 unspecified atom stereocenters. The van der Waals surface area contributed by atoms with Crippen LogP contribution >= 0.6 is 0 Å². The molecule has 8 heteroatoms. The Morgan fingerprint density at radius 2 is 2.08 bits per heavy atom. The molecule has 0 bridgehead atoms. The lowest BCUT2D eigenvalue weighted by Gasteiger charge is -2.11. The molecule has 24 heavy (non-hydrogen) atoms. The third-order valence-electron chi connectivity index (χ3n) is 3.46. The summed E-state index contributed by atoms with van der Waals surface area (Å²) in [5.41, 5.74) is 2.42. The van der Waals surface area contributed by atoms with Crippen LogP contribution in [0.3, 0.4) is 0 Å². The van der Waals surface area contributed by atoms with Gasteiger partial charge in [-0.25, -0.2) is 4.68 Å². The summed E-state index contributed by atoms with van der Waals surface area (Å²) in [7, 11) is 1.55. The van der Waals surface area contributed by atoms with Crippen molar-refractivity contribution in [1.29, 1.82) is 0 Å². The Hall–Kier alpha value is -3.29. The van der Waals surface area contributed by atoms with Crippen molar-refractivity contribution >= 4 is 11.6 Å². The number of hydrogen-bond donors (Lipinski definition) is 1. The molecule has 0 aliphatic rings. The highest BCUT2D eigenvalue weighted by Crippen LogP contribution is 2.27. The van der Waals surface area contributed by atoms with E-state index in [0.717, 1.165) is 11.3 Å². The number of nitrogens with one attached hydrogen (secondary N) is 1. The predicted molar refractivity (Wildman–Crippen MR) is 86.9 cm³/mol. The van der Waals surface area contributed by atoms with E-state index in [9.17, 15) is 4.79 Å². The van der Waals surface area contributed by atoms with Gasteiger partial charge in [-0.15, -0.1) is 5.10 Å². The van der Waals surface area contributed by atoms with Crippen LogP contribution in [0.4, 0.5) is 5.69 Å². The minimum absolute atomic E-state index is 0.0831. The van der Waals surface area contributed by atoms with Gasteiger partial charge in [0.15, 0.2) is 0 Å². The highest BCUT2D eigenvalue weighted by molar-refractivity contribution is 5.92. The van der Waals surface area contributed by atoms with Gasteiger partial charge in [-0.1, -0.05) is 0 Å². The van der Waals surface area contributed by atoms with E-state index < -0.39 is 0 Å². The highest BCUT2D eigenvalue weighted by atomic mass is 16.5. The van der Waals surface area contributed by atoms with Crippen LogP contribution in [0.25, 0.3) is 5.69 Å². The van der Waals surface area contributed by atoms with E-state index in [1.54, 1.807) is 37.7 Å². The number of hydrogen-bond acceptors (Lipinski definition) is 6. The van der Waals surface area contributed by atoms with E-state index in [4.69, 9.17) is 4.74 Å². The molecule has 0 saturated carbocycles. The Morgan fingerprint density at radius 3 is 2.79 bits per heavy atom. The van der Waals surface area contributed by atoms with Crippen LogP contribution in [0, 0.1) is 0 Å². The Kier molecular flexibility index (Phi) is 4.76. The second-order valence-electron chi connectivity index (χ2n) is 5.04. The monoisotopic (exact) mass is 324 g/mol. The van der Waals surface area contributed by atoms with Crippen molar-refractivity contribution in [2.75, 3.05) is 12.4 Å². The number of tetrazole rings is 1. The minimum Gasteiger partial charge on any atom is -0.494 e. The molecule has 122 valence electrons. The van der Waals surface area contributed by atoms with Gasteiger partial charge in [0.2, 0.25) is 5.91 Å². The van der Waals surface area contributed by atoms with Gasteiger partial charge in [-0.3, -0.25) is 9.78 Å². The number of amides is 1. The van der Waals surface area contributed by atoms with Crippen molar-refractivity contribution in [1.82, 2.24) is 25.2 Å². The van der Waals surface area contributed by atoms with E-state index in [-0.39, 0.29) is 5.91 Å². The molecule has 3 aromatic rings. The number of pyridine rings is 1. The van der Waals surface area contributed by atoms with Gasteiger partial charge in [-0.2, -0.15) is 0 Å². The molecular formula is C16H16N6O2. The van der Waals surface area contributed by atoms with Crippen LogP contribution in [0.15, 0.2) is 49.1 Å². The van der Waals surface area contributed by atoms with Gasteiger partial charge in [0.1, 0.15) is 12.1 Å². The Morgan fingerprint density at radius 1 is 1.25 bits per heavy atom. The van der Waals surface area contributed by atoms with E-state index >= 15 is 0 Å². The van der Waals surface area contributed by atoms with Crippen LogP contribution in [0.2, 0.25) is 0 Å². The van der Waals surface area contributed by atoms with Gasteiger partial charge in [-0.05, 0) is 46.7 Å². The predicted octanol–water partition coefficient (Wildman–Crippen LogP) is 1.64. The third kappa shape index (κ3) is 3.72. The molecule has 2 heterocycles. The van der Waals surface area contributed by atoms with Crippen LogP contribution in [-0.4, -0.2) is 38.2 Å². The fraction of sp³-hybridized carbons (Fsp3) is 0.188. The molecule has 2 aromatic heterocycles. The third-order valence-corrected chi connectivity index (χ3v) is 3.46. The molecule has 0 saturated heterocycles. The molecule has 1 N–H and O–H groups in total. The van der Waals surface area contributed by atoms with E-state index in [0.29, 0.717) is 24.3 Å². The highest BCUT2D eigenvalue weighted by Gasteiger charge is 2.10. The number of aromatic nitrogens is 5. The summed E-state index contributed by atoms with van der Waals surface area (Å²) in [4.78, 5) is 16.1. The van der Waals surface area contributed by atoms with Crippen LogP contribution in [-0.2, 0) is 11.2 Å². The molecule has 0 fully saturated rings. The lowest BCUT2D eigenvalue weighted by molar-refractivity contribution is -0.116.